The molecule has 9 nitrogen and oxygen atoms in total. The number of halogens is 4. The summed E-state index contributed by atoms with van der Waals surface area (Å²) in [6.07, 6.45) is 0.517. The molecule has 0 radical (unpaired) electrons. The Kier molecular flexibility index (Phi) is 11.8. The number of nitrogens with zero attached hydrogens (tertiary/aromatic N) is 3. The lowest BCUT2D eigenvalue weighted by molar-refractivity contribution is -0.137. The first-order valence-corrected chi connectivity index (χ1v) is 17.3. The lowest BCUT2D eigenvalue weighted by atomic mass is 9.92. The zero-order valence-corrected chi connectivity index (χ0v) is 28.2. The number of nitrogens with one attached hydrogen (secondary N) is 2. The van der Waals surface area contributed by atoms with Gasteiger partial charge in [0.05, 0.1) is 16.3 Å². The number of amides is 4. The van der Waals surface area contributed by atoms with Crippen molar-refractivity contribution in [1.82, 2.24) is 20.0 Å². The van der Waals surface area contributed by atoms with Crippen molar-refractivity contribution in [3.05, 3.63) is 58.1 Å². The second-order valence-corrected chi connectivity index (χ2v) is 13.9. The molecule has 3 aliphatic rings. The fourth-order valence-corrected chi connectivity index (χ4v) is 7.36. The van der Waals surface area contributed by atoms with Crippen LogP contribution >= 0.6 is 11.6 Å². The molecule has 13 heteroatoms. The summed E-state index contributed by atoms with van der Waals surface area (Å²) in [6, 6.07) is 9.98. The van der Waals surface area contributed by atoms with Gasteiger partial charge in [-0.05, 0) is 107 Å². The Hall–Kier alpha value is -3.51. The molecule has 4 amide bonds. The third-order valence-electron chi connectivity index (χ3n) is 10.2. The maximum Gasteiger partial charge on any atom is 0.418 e. The van der Waals surface area contributed by atoms with Crippen LogP contribution in [0.3, 0.4) is 0 Å². The number of piperidine rings is 2. The van der Waals surface area contributed by atoms with Gasteiger partial charge in [0.25, 0.3) is 0 Å². The molecule has 48 heavy (non-hydrogen) atoms. The molecular formula is C35H46ClF3N6O3. The quantitative estimate of drug-likeness (QED) is 0.273. The number of nitrogen functional groups attached to an aromatic ring is 1. The van der Waals surface area contributed by atoms with Crippen LogP contribution in [0.1, 0.15) is 61.6 Å². The third-order valence-corrected chi connectivity index (χ3v) is 10.5. The van der Waals surface area contributed by atoms with E-state index in [1.165, 1.54) is 6.07 Å². The molecule has 5 rings (SSSR count). The number of aryl methyl sites for hydroxylation is 1. The van der Waals surface area contributed by atoms with E-state index in [9.17, 15) is 27.6 Å². The van der Waals surface area contributed by atoms with Crippen molar-refractivity contribution in [1.29, 1.82) is 0 Å². The minimum absolute atomic E-state index is 0.0138. The monoisotopic (exact) mass is 690 g/mol. The van der Waals surface area contributed by atoms with Gasteiger partial charge in [-0.15, -0.1) is 0 Å². The third kappa shape index (κ3) is 9.13. The van der Waals surface area contributed by atoms with E-state index in [4.69, 9.17) is 17.3 Å². The van der Waals surface area contributed by atoms with Gasteiger partial charge in [0, 0.05) is 50.2 Å². The van der Waals surface area contributed by atoms with Crippen molar-refractivity contribution >= 4 is 40.8 Å². The Labute approximate surface area is 285 Å². The van der Waals surface area contributed by atoms with Gasteiger partial charge in [0.2, 0.25) is 11.8 Å². The van der Waals surface area contributed by atoms with E-state index in [-0.39, 0.29) is 48.2 Å². The van der Waals surface area contributed by atoms with Gasteiger partial charge in [0.1, 0.15) is 0 Å². The summed E-state index contributed by atoms with van der Waals surface area (Å²) in [5.41, 5.74) is 6.29. The van der Waals surface area contributed by atoms with E-state index in [2.05, 4.69) is 22.6 Å². The molecule has 0 aromatic heterocycles. The molecule has 3 aliphatic heterocycles. The van der Waals surface area contributed by atoms with Crippen LogP contribution in [0, 0.1) is 11.8 Å². The Morgan fingerprint density at radius 3 is 2.48 bits per heavy atom. The predicted molar refractivity (Wildman–Crippen MR) is 181 cm³/mol. The predicted octanol–water partition coefficient (Wildman–Crippen LogP) is 5.81. The number of urea groups is 1. The Morgan fingerprint density at radius 2 is 1.77 bits per heavy atom. The summed E-state index contributed by atoms with van der Waals surface area (Å²) < 4.78 is 40.8. The number of anilines is 2. The van der Waals surface area contributed by atoms with E-state index in [1.54, 1.807) is 4.90 Å². The lowest BCUT2D eigenvalue weighted by Gasteiger charge is -2.38. The van der Waals surface area contributed by atoms with E-state index in [0.29, 0.717) is 50.5 Å². The summed E-state index contributed by atoms with van der Waals surface area (Å²) >= 11 is 6.05. The van der Waals surface area contributed by atoms with Crippen molar-refractivity contribution in [3.8, 4) is 0 Å². The average molecular weight is 691 g/mol. The van der Waals surface area contributed by atoms with Gasteiger partial charge < -0.3 is 31.1 Å². The fourth-order valence-electron chi connectivity index (χ4n) is 7.12. The molecule has 2 aromatic rings. The normalized spacial score (nSPS) is 19.0. The minimum Gasteiger partial charge on any atom is -0.397 e. The van der Waals surface area contributed by atoms with Crippen LogP contribution in [0.2, 0.25) is 5.02 Å². The summed E-state index contributed by atoms with van der Waals surface area (Å²) in [4.78, 5) is 46.0. The van der Waals surface area contributed by atoms with Crippen LogP contribution in [0.5, 0.6) is 0 Å². The first-order valence-electron chi connectivity index (χ1n) is 16.9. The largest absolute Gasteiger partial charge is 0.418 e. The van der Waals surface area contributed by atoms with Crippen LogP contribution in [-0.4, -0.2) is 84.9 Å². The Morgan fingerprint density at radius 1 is 1.06 bits per heavy atom. The zero-order valence-electron chi connectivity index (χ0n) is 27.5. The number of carbonyl (C=O) groups excluding carboxylic acids is 3. The van der Waals surface area contributed by atoms with E-state index in [1.807, 2.05) is 29.2 Å². The van der Waals surface area contributed by atoms with Gasteiger partial charge in [-0.1, -0.05) is 29.8 Å². The molecular weight excluding hydrogens is 645 g/mol. The highest BCUT2D eigenvalue weighted by atomic mass is 35.5. The molecule has 2 aromatic carbocycles. The van der Waals surface area contributed by atoms with Crippen LogP contribution in [-0.2, 0) is 28.6 Å². The van der Waals surface area contributed by atoms with Crippen molar-refractivity contribution in [2.24, 2.45) is 11.8 Å². The van der Waals surface area contributed by atoms with Crippen molar-refractivity contribution < 1.29 is 27.6 Å². The minimum atomic E-state index is -4.67. The molecule has 262 valence electrons. The lowest BCUT2D eigenvalue weighted by Crippen LogP contribution is -2.50. The van der Waals surface area contributed by atoms with Crippen LogP contribution in [0.25, 0.3) is 0 Å². The average Bonchev–Trinajstić information content (AvgIpc) is 3.22. The van der Waals surface area contributed by atoms with Crippen LogP contribution < -0.4 is 16.4 Å². The van der Waals surface area contributed by atoms with Crippen LogP contribution in [0.15, 0.2) is 36.4 Å². The molecule has 0 saturated carbocycles. The molecule has 2 saturated heterocycles. The zero-order chi connectivity index (χ0) is 34.4. The molecule has 0 aliphatic carbocycles. The molecule has 3 heterocycles. The fraction of sp³-hybridized carbons (Fsp3) is 0.571. The van der Waals surface area contributed by atoms with Gasteiger partial charge in [-0.2, -0.15) is 13.2 Å². The SMILES string of the molecule is CN1CCC(CCNC(=O)[C@@H](CCc2cc(Cl)c(N)c(C(F)(F)F)c2)CC(=O)N2CCC(N3CCc4ccccc4NC3=O)CC2)CC1. The number of rotatable bonds is 10. The van der Waals surface area contributed by atoms with Crippen molar-refractivity contribution in [3.63, 3.8) is 0 Å². The highest BCUT2D eigenvalue weighted by Gasteiger charge is 2.35. The maximum atomic E-state index is 13.6. The Bertz CT molecular complexity index is 1460. The number of likely N-dealkylation sites (tertiary alicyclic amines) is 2. The first kappa shape index (κ1) is 35.8. The number of benzene rings is 2. The second-order valence-electron chi connectivity index (χ2n) is 13.4. The molecule has 0 unspecified atom stereocenters. The first-order chi connectivity index (χ1) is 22.9. The molecule has 0 spiro atoms. The number of nitrogens with two attached hydrogens (primary N) is 1. The highest BCUT2D eigenvalue weighted by molar-refractivity contribution is 6.33. The van der Waals surface area contributed by atoms with E-state index < -0.39 is 23.3 Å². The van der Waals surface area contributed by atoms with Gasteiger partial charge in [-0.3, -0.25) is 9.59 Å². The van der Waals surface area contributed by atoms with Gasteiger partial charge in [-0.25, -0.2) is 4.79 Å². The summed E-state index contributed by atoms with van der Waals surface area (Å²) in [7, 11) is 2.10. The molecule has 2 fully saturated rings. The van der Waals surface area contributed by atoms with Crippen molar-refractivity contribution in [2.75, 3.05) is 57.4 Å². The molecule has 1 atom stereocenters. The number of alkyl halides is 3. The number of para-hydroxylation sites is 1. The van der Waals surface area contributed by atoms with E-state index >= 15 is 0 Å². The summed E-state index contributed by atoms with van der Waals surface area (Å²) in [6.45, 7) is 4.02. The number of hydrogen-bond acceptors (Lipinski definition) is 5. The molecule has 0 bridgehead atoms. The van der Waals surface area contributed by atoms with Gasteiger partial charge >= 0.3 is 12.2 Å². The smallest absolute Gasteiger partial charge is 0.397 e. The van der Waals surface area contributed by atoms with Crippen molar-refractivity contribution in [2.45, 2.75) is 70.0 Å². The number of hydrogen-bond donors (Lipinski definition) is 3. The number of fused-ring (bicyclic) bond motifs is 1. The second kappa shape index (κ2) is 15.8. The Balaban J connectivity index is 1.20. The van der Waals surface area contributed by atoms with E-state index in [0.717, 1.165) is 56.1 Å². The maximum absolute atomic E-state index is 13.6. The topological polar surface area (TPSA) is 111 Å². The summed E-state index contributed by atoms with van der Waals surface area (Å²) in [5, 5.41) is 5.83. The highest BCUT2D eigenvalue weighted by Crippen LogP contribution is 2.38. The molecule has 4 N–H and O–H groups in total. The standard InChI is InChI=1S/C35H46ClF3N6O3/c1-43-15-9-23(10-16-43)8-14-41-33(47)26(7-6-24-20-28(35(37,38)39)32(40)29(36)21-24)22-31(46)44-17-12-27(13-18-44)45-19-11-25-4-2-3-5-30(25)42-34(45)48/h2-5,20-21,23,26-27H,6-19,22,40H2,1H3,(H,41,47)(H,42,48)/t26-/m0/s1. The number of carbonyl (C=O) groups is 3. The van der Waals surface area contributed by atoms with Crippen LogP contribution in [0.4, 0.5) is 29.3 Å². The summed E-state index contributed by atoms with van der Waals surface area (Å²) in [5.74, 6) is -0.665. The van der Waals surface area contributed by atoms with Gasteiger partial charge in [0.15, 0.2) is 0 Å².